The lowest BCUT2D eigenvalue weighted by molar-refractivity contribution is -0.121. The number of carbonyl (C=O) groups excluding carboxylic acids is 1. The molecular formula is C22H27ClN2O3. The van der Waals surface area contributed by atoms with Gasteiger partial charge in [0.15, 0.2) is 0 Å². The van der Waals surface area contributed by atoms with Crippen molar-refractivity contribution in [3.05, 3.63) is 65.2 Å². The highest BCUT2D eigenvalue weighted by Crippen LogP contribution is 2.19. The zero-order chi connectivity index (χ0) is 19.8. The van der Waals surface area contributed by atoms with Crippen molar-refractivity contribution < 1.29 is 14.6 Å². The quantitative estimate of drug-likeness (QED) is 0.708. The Labute approximate surface area is 171 Å². The van der Waals surface area contributed by atoms with Gasteiger partial charge in [0.05, 0.1) is 25.2 Å². The van der Waals surface area contributed by atoms with E-state index in [4.69, 9.17) is 16.3 Å². The maximum atomic E-state index is 12.5. The average molecular weight is 403 g/mol. The van der Waals surface area contributed by atoms with E-state index in [1.165, 1.54) is 0 Å². The third-order valence-corrected chi connectivity index (χ3v) is 5.28. The lowest BCUT2D eigenvalue weighted by Crippen LogP contribution is -2.44. The number of halogens is 1. The summed E-state index contributed by atoms with van der Waals surface area (Å²) in [7, 11) is 0. The molecule has 0 aromatic heterocycles. The number of hydrogen-bond acceptors (Lipinski definition) is 4. The van der Waals surface area contributed by atoms with Gasteiger partial charge in [0, 0.05) is 23.8 Å². The predicted molar refractivity (Wildman–Crippen MR) is 111 cm³/mol. The number of benzene rings is 2. The average Bonchev–Trinajstić information content (AvgIpc) is 2.70. The number of nitrogens with zero attached hydrogens (tertiary/aromatic N) is 1. The second-order valence-corrected chi connectivity index (χ2v) is 7.62. The fourth-order valence-corrected chi connectivity index (χ4v) is 3.66. The molecule has 1 fully saturated rings. The first-order chi connectivity index (χ1) is 13.6. The molecule has 1 heterocycles. The summed E-state index contributed by atoms with van der Waals surface area (Å²) in [6.45, 7) is 2.65. The van der Waals surface area contributed by atoms with Gasteiger partial charge in [-0.15, -0.1) is 0 Å². The van der Waals surface area contributed by atoms with Gasteiger partial charge in [-0.1, -0.05) is 48.0 Å². The van der Waals surface area contributed by atoms with Crippen molar-refractivity contribution in [2.24, 2.45) is 5.92 Å². The van der Waals surface area contributed by atoms with Gasteiger partial charge in [0.25, 0.3) is 0 Å². The van der Waals surface area contributed by atoms with Crippen molar-refractivity contribution in [2.75, 3.05) is 31.6 Å². The van der Waals surface area contributed by atoms with Crippen LogP contribution in [-0.2, 0) is 16.1 Å². The summed E-state index contributed by atoms with van der Waals surface area (Å²) in [4.78, 5) is 14.7. The van der Waals surface area contributed by atoms with Gasteiger partial charge in [0.1, 0.15) is 0 Å². The summed E-state index contributed by atoms with van der Waals surface area (Å²) in [5, 5.41) is 14.0. The molecule has 1 amide bonds. The van der Waals surface area contributed by atoms with Gasteiger partial charge in [0.2, 0.25) is 5.91 Å². The minimum absolute atomic E-state index is 0.0420. The zero-order valence-electron chi connectivity index (χ0n) is 15.9. The molecule has 0 radical (unpaired) electrons. The molecule has 28 heavy (non-hydrogen) atoms. The third-order valence-electron chi connectivity index (χ3n) is 4.91. The Balaban J connectivity index is 1.41. The van der Waals surface area contributed by atoms with Crippen molar-refractivity contribution in [1.82, 2.24) is 4.90 Å². The van der Waals surface area contributed by atoms with Gasteiger partial charge in [-0.25, -0.2) is 0 Å². The Hall–Kier alpha value is -1.92. The van der Waals surface area contributed by atoms with E-state index in [1.807, 2.05) is 54.6 Å². The lowest BCUT2D eigenvalue weighted by atomic mass is 9.96. The van der Waals surface area contributed by atoms with E-state index in [1.54, 1.807) is 0 Å². The van der Waals surface area contributed by atoms with Crippen LogP contribution < -0.4 is 5.32 Å². The summed E-state index contributed by atoms with van der Waals surface area (Å²) in [5.74, 6) is -0.0226. The van der Waals surface area contributed by atoms with E-state index in [9.17, 15) is 9.90 Å². The van der Waals surface area contributed by atoms with E-state index < -0.39 is 6.10 Å². The van der Waals surface area contributed by atoms with Gasteiger partial charge in [-0.2, -0.15) is 0 Å². The SMILES string of the molecule is O=C(Nc1ccccc1)[C@@H]1CCCN(C[C@@H](O)COCc2ccccc2Cl)C1. The van der Waals surface area contributed by atoms with Crippen LogP contribution in [0.3, 0.4) is 0 Å². The summed E-state index contributed by atoms with van der Waals surface area (Å²) >= 11 is 6.11. The summed E-state index contributed by atoms with van der Waals surface area (Å²) in [6, 6.07) is 17.0. The second-order valence-electron chi connectivity index (χ2n) is 7.21. The van der Waals surface area contributed by atoms with Gasteiger partial charge in [-0.3, -0.25) is 9.69 Å². The van der Waals surface area contributed by atoms with Crippen molar-refractivity contribution in [2.45, 2.75) is 25.6 Å². The Morgan fingerprint density at radius 2 is 1.96 bits per heavy atom. The van der Waals surface area contributed by atoms with Crippen LogP contribution in [0.15, 0.2) is 54.6 Å². The van der Waals surface area contributed by atoms with Crippen molar-refractivity contribution in [3.8, 4) is 0 Å². The molecule has 1 saturated heterocycles. The number of aliphatic hydroxyl groups excluding tert-OH is 1. The van der Waals surface area contributed by atoms with Crippen LogP contribution in [0.1, 0.15) is 18.4 Å². The summed E-state index contributed by atoms with van der Waals surface area (Å²) in [5.41, 5.74) is 1.73. The molecule has 2 atom stereocenters. The molecule has 1 aliphatic heterocycles. The third kappa shape index (κ3) is 6.31. The topological polar surface area (TPSA) is 61.8 Å². The fourth-order valence-electron chi connectivity index (χ4n) is 3.47. The number of anilines is 1. The lowest BCUT2D eigenvalue weighted by Gasteiger charge is -2.33. The zero-order valence-corrected chi connectivity index (χ0v) is 16.6. The van der Waals surface area contributed by atoms with Crippen LogP contribution in [0.5, 0.6) is 0 Å². The molecule has 2 aromatic rings. The number of amides is 1. The first-order valence-electron chi connectivity index (χ1n) is 9.69. The summed E-state index contributed by atoms with van der Waals surface area (Å²) < 4.78 is 5.62. The van der Waals surface area contributed by atoms with Crippen LogP contribution in [0.25, 0.3) is 0 Å². The van der Waals surface area contributed by atoms with E-state index in [2.05, 4.69) is 10.2 Å². The molecule has 0 spiro atoms. The number of para-hydroxylation sites is 1. The van der Waals surface area contributed by atoms with Crippen molar-refractivity contribution in [3.63, 3.8) is 0 Å². The first kappa shape index (κ1) is 20.8. The van der Waals surface area contributed by atoms with E-state index >= 15 is 0 Å². The second kappa shape index (κ2) is 10.6. The first-order valence-corrected chi connectivity index (χ1v) is 10.1. The van der Waals surface area contributed by atoms with E-state index in [0.29, 0.717) is 24.7 Å². The van der Waals surface area contributed by atoms with Gasteiger partial charge in [-0.05, 0) is 43.1 Å². The molecule has 2 aromatic carbocycles. The monoisotopic (exact) mass is 402 g/mol. The standard InChI is InChI=1S/C22H27ClN2O3/c23-21-11-5-4-7-18(21)15-28-16-20(26)14-25-12-6-8-17(13-25)22(27)24-19-9-2-1-3-10-19/h1-5,7,9-11,17,20,26H,6,8,12-16H2,(H,24,27)/t17-,20-/m1/s1. The molecule has 0 aliphatic carbocycles. The molecule has 3 rings (SSSR count). The Morgan fingerprint density at radius 3 is 2.75 bits per heavy atom. The van der Waals surface area contributed by atoms with Crippen LogP contribution in [-0.4, -0.2) is 48.3 Å². The number of aliphatic hydroxyl groups is 1. The van der Waals surface area contributed by atoms with E-state index in [0.717, 1.165) is 30.6 Å². The molecule has 0 saturated carbocycles. The highest BCUT2D eigenvalue weighted by atomic mass is 35.5. The largest absolute Gasteiger partial charge is 0.389 e. The molecule has 0 unspecified atom stereocenters. The Bertz CT molecular complexity index is 756. The van der Waals surface area contributed by atoms with Crippen molar-refractivity contribution in [1.29, 1.82) is 0 Å². The molecule has 1 aliphatic rings. The van der Waals surface area contributed by atoms with Gasteiger partial charge < -0.3 is 15.2 Å². The van der Waals surface area contributed by atoms with Crippen LogP contribution >= 0.6 is 11.6 Å². The number of likely N-dealkylation sites (tertiary alicyclic amines) is 1. The van der Waals surface area contributed by atoms with Crippen LogP contribution in [0.2, 0.25) is 5.02 Å². The minimum Gasteiger partial charge on any atom is -0.389 e. The molecule has 0 bridgehead atoms. The minimum atomic E-state index is -0.599. The van der Waals surface area contributed by atoms with Crippen molar-refractivity contribution >= 4 is 23.2 Å². The highest BCUT2D eigenvalue weighted by molar-refractivity contribution is 6.31. The number of ether oxygens (including phenoxy) is 1. The number of hydrogen-bond donors (Lipinski definition) is 2. The van der Waals surface area contributed by atoms with E-state index in [-0.39, 0.29) is 18.4 Å². The maximum absolute atomic E-state index is 12.5. The highest BCUT2D eigenvalue weighted by Gasteiger charge is 2.27. The number of β-amino-alcohol motifs (C(OH)–C–C–N with tert-alkyl or cyclic N) is 1. The number of piperidine rings is 1. The molecule has 150 valence electrons. The van der Waals surface area contributed by atoms with Gasteiger partial charge >= 0.3 is 0 Å². The number of carbonyl (C=O) groups is 1. The fraction of sp³-hybridized carbons (Fsp3) is 0.409. The molecule has 5 nitrogen and oxygen atoms in total. The molecular weight excluding hydrogens is 376 g/mol. The Kier molecular flexibility index (Phi) is 7.86. The molecule has 2 N–H and O–H groups in total. The smallest absolute Gasteiger partial charge is 0.228 e. The summed E-state index contributed by atoms with van der Waals surface area (Å²) in [6.07, 6.45) is 1.22. The predicted octanol–water partition coefficient (Wildman–Crippen LogP) is 3.57. The number of nitrogens with one attached hydrogen (secondary N) is 1. The van der Waals surface area contributed by atoms with Crippen LogP contribution in [0.4, 0.5) is 5.69 Å². The molecule has 6 heteroatoms. The normalized spacial score (nSPS) is 18.6. The number of rotatable bonds is 8. The maximum Gasteiger partial charge on any atom is 0.228 e. The Morgan fingerprint density at radius 1 is 1.21 bits per heavy atom. The van der Waals surface area contributed by atoms with Crippen LogP contribution in [0, 0.1) is 5.92 Å².